The van der Waals surface area contributed by atoms with Crippen molar-refractivity contribution in [3.63, 3.8) is 0 Å². The quantitative estimate of drug-likeness (QED) is 0.713. The number of carboxylic acid groups (broad SMARTS) is 1. The molecule has 0 saturated heterocycles. The van der Waals surface area contributed by atoms with Gasteiger partial charge in [-0.25, -0.2) is 0 Å². The summed E-state index contributed by atoms with van der Waals surface area (Å²) < 4.78 is 0. The summed E-state index contributed by atoms with van der Waals surface area (Å²) in [7, 11) is 0. The van der Waals surface area contributed by atoms with Crippen molar-refractivity contribution in [1.82, 2.24) is 10.6 Å². The lowest BCUT2D eigenvalue weighted by atomic mass is 10.0. The van der Waals surface area contributed by atoms with Crippen LogP contribution in [0.2, 0.25) is 0 Å². The standard InChI is InChI=1S/C17H22N2O4/c1-11(2)9-15(17(22)23)19-16(21)14(18-12(3)20)10-13-7-5-4-6-8-13/h4-8,10-11,15H,9H2,1-3H3,(H,18,20)(H,19,21)(H,22,23)/p-1/b14-10-/t15-/m1/s1. The van der Waals surface area contributed by atoms with Crippen molar-refractivity contribution in [3.05, 3.63) is 41.6 Å². The second-order valence-corrected chi connectivity index (χ2v) is 5.62. The third-order valence-corrected chi connectivity index (χ3v) is 2.96. The Morgan fingerprint density at radius 1 is 1.17 bits per heavy atom. The first-order valence-electron chi connectivity index (χ1n) is 7.35. The van der Waals surface area contributed by atoms with E-state index in [2.05, 4.69) is 10.6 Å². The van der Waals surface area contributed by atoms with Gasteiger partial charge in [0.05, 0.1) is 12.0 Å². The van der Waals surface area contributed by atoms with Gasteiger partial charge >= 0.3 is 0 Å². The summed E-state index contributed by atoms with van der Waals surface area (Å²) in [6.45, 7) is 4.96. The van der Waals surface area contributed by atoms with Crippen LogP contribution in [-0.2, 0) is 14.4 Å². The van der Waals surface area contributed by atoms with Gasteiger partial charge in [-0.3, -0.25) is 9.59 Å². The molecule has 0 aliphatic heterocycles. The lowest BCUT2D eigenvalue weighted by Crippen LogP contribution is -2.50. The van der Waals surface area contributed by atoms with Gasteiger partial charge in [-0.05, 0) is 24.0 Å². The van der Waals surface area contributed by atoms with E-state index in [1.165, 1.54) is 13.0 Å². The number of carbonyl (C=O) groups excluding carboxylic acids is 3. The SMILES string of the molecule is CC(=O)N/C(=C\c1ccccc1)C(=O)N[C@H](CC(C)C)C(=O)[O-]. The van der Waals surface area contributed by atoms with E-state index in [0.717, 1.165) is 0 Å². The minimum atomic E-state index is -1.35. The maximum absolute atomic E-state index is 12.3. The van der Waals surface area contributed by atoms with Crippen LogP contribution in [0.15, 0.2) is 36.0 Å². The largest absolute Gasteiger partial charge is 0.548 e. The van der Waals surface area contributed by atoms with Gasteiger partial charge in [0.15, 0.2) is 0 Å². The molecule has 124 valence electrons. The highest BCUT2D eigenvalue weighted by Crippen LogP contribution is 2.08. The highest BCUT2D eigenvalue weighted by atomic mass is 16.4. The van der Waals surface area contributed by atoms with Crippen LogP contribution in [0, 0.1) is 5.92 Å². The molecule has 1 aromatic carbocycles. The second-order valence-electron chi connectivity index (χ2n) is 5.62. The van der Waals surface area contributed by atoms with Crippen molar-refractivity contribution < 1.29 is 19.5 Å². The lowest BCUT2D eigenvalue weighted by Gasteiger charge is -2.22. The molecule has 23 heavy (non-hydrogen) atoms. The van der Waals surface area contributed by atoms with Gasteiger partial charge in [0.25, 0.3) is 5.91 Å². The summed E-state index contributed by atoms with van der Waals surface area (Å²) in [4.78, 5) is 34.7. The van der Waals surface area contributed by atoms with Gasteiger partial charge in [-0.1, -0.05) is 44.2 Å². The monoisotopic (exact) mass is 317 g/mol. The van der Waals surface area contributed by atoms with E-state index in [1.54, 1.807) is 24.3 Å². The molecular weight excluding hydrogens is 296 g/mol. The third-order valence-electron chi connectivity index (χ3n) is 2.96. The molecule has 0 saturated carbocycles. The summed E-state index contributed by atoms with van der Waals surface area (Å²) in [5, 5.41) is 16.0. The fraction of sp³-hybridized carbons (Fsp3) is 0.353. The third kappa shape index (κ3) is 6.78. The zero-order valence-corrected chi connectivity index (χ0v) is 13.5. The molecule has 0 aliphatic carbocycles. The smallest absolute Gasteiger partial charge is 0.268 e. The second kappa shape index (κ2) is 8.73. The molecule has 0 aromatic heterocycles. The van der Waals surface area contributed by atoms with Crippen LogP contribution in [0.5, 0.6) is 0 Å². The van der Waals surface area contributed by atoms with Crippen molar-refractivity contribution in [3.8, 4) is 0 Å². The maximum Gasteiger partial charge on any atom is 0.268 e. The average molecular weight is 317 g/mol. The molecule has 2 N–H and O–H groups in total. The molecular formula is C17H21N2O4-. The fourth-order valence-electron chi connectivity index (χ4n) is 1.99. The number of benzene rings is 1. The molecule has 0 radical (unpaired) electrons. The number of nitrogens with one attached hydrogen (secondary N) is 2. The van der Waals surface area contributed by atoms with E-state index in [-0.39, 0.29) is 18.0 Å². The molecule has 1 rings (SSSR count). The first-order chi connectivity index (χ1) is 10.8. The van der Waals surface area contributed by atoms with E-state index in [1.807, 2.05) is 19.9 Å². The van der Waals surface area contributed by atoms with Gasteiger partial charge in [0, 0.05) is 6.92 Å². The summed E-state index contributed by atoms with van der Waals surface area (Å²) in [5.74, 6) is -2.37. The lowest BCUT2D eigenvalue weighted by molar-refractivity contribution is -0.308. The van der Waals surface area contributed by atoms with Crippen molar-refractivity contribution in [2.24, 2.45) is 5.92 Å². The Morgan fingerprint density at radius 2 is 1.78 bits per heavy atom. The molecule has 1 atom stereocenters. The van der Waals surface area contributed by atoms with Crippen LogP contribution in [0.4, 0.5) is 0 Å². The molecule has 0 aliphatic rings. The molecule has 2 amide bonds. The Kier molecular flexibility index (Phi) is 6.99. The van der Waals surface area contributed by atoms with E-state index in [0.29, 0.717) is 5.56 Å². The van der Waals surface area contributed by atoms with Gasteiger partial charge < -0.3 is 20.5 Å². The Morgan fingerprint density at radius 3 is 2.26 bits per heavy atom. The van der Waals surface area contributed by atoms with Gasteiger partial charge in [-0.15, -0.1) is 0 Å². The van der Waals surface area contributed by atoms with E-state index in [9.17, 15) is 19.5 Å². The topological polar surface area (TPSA) is 98.3 Å². The summed E-state index contributed by atoms with van der Waals surface area (Å²) >= 11 is 0. The first kappa shape index (κ1) is 18.4. The normalized spacial score (nSPS) is 12.6. The number of carbonyl (C=O) groups is 3. The van der Waals surface area contributed by atoms with Gasteiger partial charge in [0.2, 0.25) is 5.91 Å². The Labute approximate surface area is 135 Å². The minimum Gasteiger partial charge on any atom is -0.548 e. The van der Waals surface area contributed by atoms with Crippen molar-refractivity contribution in [1.29, 1.82) is 0 Å². The molecule has 1 aromatic rings. The number of aliphatic carboxylic acids is 1. The number of rotatable bonds is 7. The van der Waals surface area contributed by atoms with Gasteiger partial charge in [0.1, 0.15) is 5.70 Å². The molecule has 0 heterocycles. The fourth-order valence-corrected chi connectivity index (χ4v) is 1.99. The van der Waals surface area contributed by atoms with E-state index in [4.69, 9.17) is 0 Å². The highest BCUT2D eigenvalue weighted by Gasteiger charge is 2.18. The zero-order valence-electron chi connectivity index (χ0n) is 13.5. The van der Waals surface area contributed by atoms with Crippen LogP contribution >= 0.6 is 0 Å². The molecule has 0 spiro atoms. The van der Waals surface area contributed by atoms with Crippen molar-refractivity contribution >= 4 is 23.9 Å². The number of hydrogen-bond donors (Lipinski definition) is 2. The van der Waals surface area contributed by atoms with Crippen LogP contribution in [0.3, 0.4) is 0 Å². The Balaban J connectivity index is 2.97. The van der Waals surface area contributed by atoms with Gasteiger partial charge in [-0.2, -0.15) is 0 Å². The molecule has 0 bridgehead atoms. The van der Waals surface area contributed by atoms with Crippen molar-refractivity contribution in [2.75, 3.05) is 0 Å². The van der Waals surface area contributed by atoms with Crippen molar-refractivity contribution in [2.45, 2.75) is 33.2 Å². The van der Waals surface area contributed by atoms with E-state index >= 15 is 0 Å². The molecule has 0 fully saturated rings. The maximum atomic E-state index is 12.3. The van der Waals surface area contributed by atoms with Crippen LogP contribution in [-0.4, -0.2) is 23.8 Å². The Hall–Kier alpha value is -2.63. The van der Waals surface area contributed by atoms with E-state index < -0.39 is 23.8 Å². The molecule has 6 heteroatoms. The van der Waals surface area contributed by atoms with Crippen LogP contribution in [0.1, 0.15) is 32.8 Å². The first-order valence-corrected chi connectivity index (χ1v) is 7.35. The predicted molar refractivity (Wildman–Crippen MR) is 84.6 cm³/mol. The number of hydrogen-bond acceptors (Lipinski definition) is 4. The summed E-state index contributed by atoms with van der Waals surface area (Å²) in [6, 6.07) is 7.81. The zero-order chi connectivity index (χ0) is 17.4. The Bertz CT molecular complexity index is 594. The average Bonchev–Trinajstić information content (AvgIpc) is 2.45. The number of carboxylic acids is 1. The minimum absolute atomic E-state index is 0.0151. The summed E-state index contributed by atoms with van der Waals surface area (Å²) in [6.07, 6.45) is 1.73. The predicted octanol–water partition coefficient (Wildman–Crippen LogP) is 0.444. The highest BCUT2D eigenvalue weighted by molar-refractivity contribution is 6.02. The van der Waals surface area contributed by atoms with Crippen LogP contribution in [0.25, 0.3) is 6.08 Å². The molecule has 6 nitrogen and oxygen atoms in total. The molecule has 0 unspecified atom stereocenters. The number of amides is 2. The summed E-state index contributed by atoms with van der Waals surface area (Å²) in [5.41, 5.74) is 0.693. The van der Waals surface area contributed by atoms with Crippen LogP contribution < -0.4 is 15.7 Å².